The molecule has 1 heterocycles. The molecule has 0 spiro atoms. The number of ether oxygens (including phenoxy) is 2. The third-order valence-electron chi connectivity index (χ3n) is 3.73. The van der Waals surface area contributed by atoms with Gasteiger partial charge < -0.3 is 29.9 Å². The van der Waals surface area contributed by atoms with Crippen molar-refractivity contribution in [2.45, 2.75) is 12.2 Å². The summed E-state index contributed by atoms with van der Waals surface area (Å²) in [7, 11) is 1.35. The number of rotatable bonds is 2. The number of Topliss-reactive ketones (excluding diaryl/α,β-unsaturated/α-hetero) is 1. The molecule has 0 radical (unpaired) electrons. The average molecular weight is 318 g/mol. The Bertz CT molecular complexity index is 784. The summed E-state index contributed by atoms with van der Waals surface area (Å²) in [5.41, 5.74) is 0.0328. The molecular weight excluding hydrogens is 304 g/mol. The predicted molar refractivity (Wildman–Crippen MR) is 78.1 cm³/mol. The van der Waals surface area contributed by atoms with Crippen LogP contribution >= 0.6 is 0 Å². The number of hydrogen-bond acceptors (Lipinski definition) is 7. The van der Waals surface area contributed by atoms with Gasteiger partial charge in [0.1, 0.15) is 0 Å². The van der Waals surface area contributed by atoms with Gasteiger partial charge in [-0.2, -0.15) is 0 Å². The van der Waals surface area contributed by atoms with E-state index in [0.717, 1.165) is 0 Å². The number of fused-ring (bicyclic) bond motifs is 1. The summed E-state index contributed by atoms with van der Waals surface area (Å²) in [5, 5.41) is 39.8. The van der Waals surface area contributed by atoms with Crippen LogP contribution in [0, 0.1) is 0 Å². The topological polar surface area (TPSA) is 116 Å². The second-order valence-electron chi connectivity index (χ2n) is 5.06. The first kappa shape index (κ1) is 15.0. The summed E-state index contributed by atoms with van der Waals surface area (Å²) in [6.45, 7) is 0. The number of para-hydroxylation sites is 1. The molecule has 0 bridgehead atoms. The highest BCUT2D eigenvalue weighted by Crippen LogP contribution is 2.47. The third kappa shape index (κ3) is 2.22. The van der Waals surface area contributed by atoms with Gasteiger partial charge in [0, 0.05) is 5.56 Å². The van der Waals surface area contributed by atoms with Gasteiger partial charge in [-0.15, -0.1) is 0 Å². The Morgan fingerprint density at radius 2 is 1.83 bits per heavy atom. The zero-order chi connectivity index (χ0) is 16.7. The fourth-order valence-corrected chi connectivity index (χ4v) is 2.53. The predicted octanol–water partition coefficient (Wildman–Crippen LogP) is 1.49. The number of aliphatic hydroxyl groups excluding tert-OH is 1. The maximum atomic E-state index is 12.3. The number of phenols is 3. The third-order valence-corrected chi connectivity index (χ3v) is 3.73. The maximum absolute atomic E-state index is 12.3. The molecule has 2 aromatic carbocycles. The van der Waals surface area contributed by atoms with Crippen molar-refractivity contribution >= 4 is 5.78 Å². The number of benzene rings is 2. The van der Waals surface area contributed by atoms with Gasteiger partial charge in [0.25, 0.3) is 0 Å². The number of carbonyl (C=O) groups excluding carboxylic acids is 1. The standard InChI is InChI=1S/C16H14O7/c1-22-10-6-5-8-12(19)14(21)16(23-15(8)13(10)20)7-3-2-4-9(17)11(7)18/h2-6,14,16-18,20-21H,1H3/t14-,16+/m1/s1. The van der Waals surface area contributed by atoms with Crippen molar-refractivity contribution in [3.05, 3.63) is 41.5 Å². The van der Waals surface area contributed by atoms with Crippen LogP contribution in [0.4, 0.5) is 0 Å². The Hall–Kier alpha value is -2.93. The van der Waals surface area contributed by atoms with E-state index < -0.39 is 29.5 Å². The van der Waals surface area contributed by atoms with Crippen LogP contribution in [0.5, 0.6) is 28.7 Å². The first-order valence-corrected chi connectivity index (χ1v) is 6.75. The smallest absolute Gasteiger partial charge is 0.201 e. The molecule has 120 valence electrons. The van der Waals surface area contributed by atoms with Crippen LogP contribution in [0.2, 0.25) is 0 Å². The molecule has 2 aromatic rings. The average Bonchev–Trinajstić information content (AvgIpc) is 2.54. The first-order chi connectivity index (χ1) is 11.0. The van der Waals surface area contributed by atoms with Crippen LogP contribution in [0.3, 0.4) is 0 Å². The Labute approximate surface area is 131 Å². The van der Waals surface area contributed by atoms with E-state index in [1.165, 1.54) is 37.4 Å². The van der Waals surface area contributed by atoms with E-state index >= 15 is 0 Å². The Kier molecular flexibility index (Phi) is 3.49. The van der Waals surface area contributed by atoms with Gasteiger partial charge in [-0.05, 0) is 18.2 Å². The zero-order valence-corrected chi connectivity index (χ0v) is 12.1. The Morgan fingerprint density at radius 3 is 2.52 bits per heavy atom. The van der Waals surface area contributed by atoms with Crippen LogP contribution in [-0.2, 0) is 0 Å². The minimum atomic E-state index is -1.59. The number of phenolic OH excluding ortho intramolecular Hbond substituents is 3. The van der Waals surface area contributed by atoms with Crippen LogP contribution in [0.1, 0.15) is 22.0 Å². The van der Waals surface area contributed by atoms with Crippen molar-refractivity contribution in [3.63, 3.8) is 0 Å². The summed E-state index contributed by atoms with van der Waals surface area (Å²) >= 11 is 0. The molecule has 7 heteroatoms. The second kappa shape index (κ2) is 5.36. The van der Waals surface area contributed by atoms with Crippen LogP contribution < -0.4 is 9.47 Å². The molecule has 0 amide bonds. The maximum Gasteiger partial charge on any atom is 0.201 e. The van der Waals surface area contributed by atoms with E-state index in [2.05, 4.69) is 0 Å². The molecule has 3 rings (SSSR count). The molecule has 1 aliphatic heterocycles. The van der Waals surface area contributed by atoms with Crippen molar-refractivity contribution in [2.24, 2.45) is 0 Å². The van der Waals surface area contributed by atoms with Gasteiger partial charge in [0.15, 0.2) is 41.0 Å². The van der Waals surface area contributed by atoms with Crippen molar-refractivity contribution < 1.29 is 34.7 Å². The largest absolute Gasteiger partial charge is 0.504 e. The fourth-order valence-electron chi connectivity index (χ4n) is 2.53. The minimum absolute atomic E-state index is 0.00620. The van der Waals surface area contributed by atoms with E-state index in [1.54, 1.807) is 0 Å². The molecule has 0 fully saturated rings. The van der Waals surface area contributed by atoms with E-state index in [1.807, 2.05) is 0 Å². The van der Waals surface area contributed by atoms with Crippen molar-refractivity contribution in [1.29, 1.82) is 0 Å². The Morgan fingerprint density at radius 1 is 1.09 bits per heavy atom. The molecule has 1 aliphatic rings. The molecule has 23 heavy (non-hydrogen) atoms. The van der Waals surface area contributed by atoms with Crippen molar-refractivity contribution in [1.82, 2.24) is 0 Å². The summed E-state index contributed by atoms with van der Waals surface area (Å²) in [6.07, 6.45) is -2.87. The normalized spacial score (nSPS) is 19.8. The monoisotopic (exact) mass is 318 g/mol. The molecule has 0 saturated heterocycles. The van der Waals surface area contributed by atoms with Gasteiger partial charge in [-0.1, -0.05) is 12.1 Å². The number of aromatic hydroxyl groups is 3. The van der Waals surface area contributed by atoms with Crippen molar-refractivity contribution in [3.8, 4) is 28.7 Å². The number of aliphatic hydroxyl groups is 1. The highest BCUT2D eigenvalue weighted by atomic mass is 16.5. The summed E-state index contributed by atoms with van der Waals surface area (Å²) in [5.74, 6) is -2.01. The first-order valence-electron chi connectivity index (χ1n) is 6.75. The van der Waals surface area contributed by atoms with E-state index in [-0.39, 0.29) is 28.4 Å². The van der Waals surface area contributed by atoms with E-state index in [9.17, 15) is 25.2 Å². The highest BCUT2D eigenvalue weighted by molar-refractivity contribution is 6.04. The highest BCUT2D eigenvalue weighted by Gasteiger charge is 2.40. The molecule has 0 saturated carbocycles. The number of ketones is 1. The van der Waals surface area contributed by atoms with Crippen LogP contribution in [-0.4, -0.2) is 39.4 Å². The molecule has 0 aromatic heterocycles. The fraction of sp³-hybridized carbons (Fsp3) is 0.188. The molecule has 0 unspecified atom stereocenters. The van der Waals surface area contributed by atoms with E-state index in [4.69, 9.17) is 9.47 Å². The second-order valence-corrected chi connectivity index (χ2v) is 5.06. The van der Waals surface area contributed by atoms with Gasteiger partial charge in [-0.25, -0.2) is 0 Å². The van der Waals surface area contributed by atoms with Gasteiger partial charge in [0.05, 0.1) is 12.7 Å². The van der Waals surface area contributed by atoms with E-state index in [0.29, 0.717) is 0 Å². The summed E-state index contributed by atoms with van der Waals surface area (Å²) in [6, 6.07) is 6.85. The number of carbonyl (C=O) groups is 1. The minimum Gasteiger partial charge on any atom is -0.504 e. The van der Waals surface area contributed by atoms with Crippen molar-refractivity contribution in [2.75, 3.05) is 7.11 Å². The quantitative estimate of drug-likeness (QED) is 0.620. The SMILES string of the molecule is COc1ccc2c(c1O)O[C@@H](c1cccc(O)c1O)[C@H](O)C2=O. The number of hydrogen-bond donors (Lipinski definition) is 4. The number of methoxy groups -OCH3 is 1. The molecule has 0 aliphatic carbocycles. The van der Waals surface area contributed by atoms with Gasteiger partial charge in [-0.3, -0.25) is 4.79 Å². The summed E-state index contributed by atoms with van der Waals surface area (Å²) in [4.78, 5) is 12.3. The molecule has 4 N–H and O–H groups in total. The van der Waals surface area contributed by atoms with Crippen LogP contribution in [0.15, 0.2) is 30.3 Å². The lowest BCUT2D eigenvalue weighted by atomic mass is 9.92. The lowest BCUT2D eigenvalue weighted by molar-refractivity contribution is 0.0194. The van der Waals surface area contributed by atoms with Crippen LogP contribution in [0.25, 0.3) is 0 Å². The zero-order valence-electron chi connectivity index (χ0n) is 12.1. The van der Waals surface area contributed by atoms with Gasteiger partial charge in [0.2, 0.25) is 5.75 Å². The molecular formula is C16H14O7. The lowest BCUT2D eigenvalue weighted by Gasteiger charge is -2.30. The molecule has 7 nitrogen and oxygen atoms in total. The Balaban J connectivity index is 2.13. The lowest BCUT2D eigenvalue weighted by Crippen LogP contribution is -2.36. The molecule has 2 atom stereocenters. The summed E-state index contributed by atoms with van der Waals surface area (Å²) < 4.78 is 10.5. The van der Waals surface area contributed by atoms with Gasteiger partial charge >= 0.3 is 0 Å².